The van der Waals surface area contributed by atoms with Crippen LogP contribution in [0.2, 0.25) is 0 Å². The van der Waals surface area contributed by atoms with Crippen LogP contribution < -0.4 is 4.74 Å². The van der Waals surface area contributed by atoms with E-state index >= 15 is 0 Å². The third kappa shape index (κ3) is 4.04. The fourth-order valence-electron chi connectivity index (χ4n) is 4.27. The number of alkyl halides is 3. The fraction of sp³-hybridized carbons (Fsp3) is 0.391. The number of carbonyl (C=O) groups excluding carboxylic acids is 1. The summed E-state index contributed by atoms with van der Waals surface area (Å²) in [5.74, 6) is 0.892. The SMILES string of the molecule is Cn1cc2cc(Oc3ccc(C(F)(F)F)cc3)cc([C@@H]3C[C@H]3C(=O)N3CCOCC3)c2n1. The summed E-state index contributed by atoms with van der Waals surface area (Å²) < 4.78 is 51.4. The van der Waals surface area contributed by atoms with Crippen molar-refractivity contribution >= 4 is 16.8 Å². The molecule has 2 atom stereocenters. The molecule has 1 aromatic heterocycles. The standard InChI is InChI=1S/C23H22F3N3O3/c1-28-13-14-10-17(32-16-4-2-15(3-5-16)23(24,25)26)11-19(21(14)27-28)18-12-20(18)22(30)29-6-8-31-9-7-29/h2-5,10-11,13,18,20H,6-9,12H2,1H3/t18-,20+/m0/s1. The molecular weight excluding hydrogens is 423 g/mol. The average Bonchev–Trinajstić information content (AvgIpc) is 3.47. The molecule has 2 fully saturated rings. The molecule has 1 amide bonds. The third-order valence-electron chi connectivity index (χ3n) is 5.97. The molecule has 9 heteroatoms. The van der Waals surface area contributed by atoms with Crippen molar-refractivity contribution in [3.8, 4) is 11.5 Å². The van der Waals surface area contributed by atoms with E-state index in [0.29, 0.717) is 37.8 Å². The Morgan fingerprint density at radius 1 is 1.12 bits per heavy atom. The van der Waals surface area contributed by atoms with Crippen molar-refractivity contribution in [3.05, 3.63) is 53.7 Å². The van der Waals surface area contributed by atoms with Crippen molar-refractivity contribution in [2.24, 2.45) is 13.0 Å². The van der Waals surface area contributed by atoms with E-state index in [0.717, 1.165) is 35.0 Å². The number of amides is 1. The minimum atomic E-state index is -4.39. The molecule has 168 valence electrons. The minimum absolute atomic E-state index is 0.0406. The maximum Gasteiger partial charge on any atom is 0.416 e. The van der Waals surface area contributed by atoms with Gasteiger partial charge in [0.15, 0.2) is 0 Å². The highest BCUT2D eigenvalue weighted by atomic mass is 19.4. The number of nitrogens with zero attached hydrogens (tertiary/aromatic N) is 3. The van der Waals surface area contributed by atoms with Crippen LogP contribution in [0.15, 0.2) is 42.6 Å². The topological polar surface area (TPSA) is 56.6 Å². The summed E-state index contributed by atoms with van der Waals surface area (Å²) in [7, 11) is 1.82. The van der Waals surface area contributed by atoms with Gasteiger partial charge in [-0.25, -0.2) is 0 Å². The lowest BCUT2D eigenvalue weighted by Crippen LogP contribution is -2.41. The van der Waals surface area contributed by atoms with Gasteiger partial charge in [0.05, 0.1) is 24.3 Å². The van der Waals surface area contributed by atoms with Crippen molar-refractivity contribution in [1.29, 1.82) is 0 Å². The van der Waals surface area contributed by atoms with Crippen molar-refractivity contribution in [2.75, 3.05) is 26.3 Å². The molecule has 5 rings (SSSR count). The van der Waals surface area contributed by atoms with Gasteiger partial charge in [-0.3, -0.25) is 9.48 Å². The van der Waals surface area contributed by atoms with Crippen LogP contribution in [-0.2, 0) is 22.8 Å². The number of benzene rings is 2. The van der Waals surface area contributed by atoms with E-state index < -0.39 is 11.7 Å². The Bertz CT molecular complexity index is 1150. The zero-order valence-corrected chi connectivity index (χ0v) is 17.4. The Labute approximate surface area is 182 Å². The van der Waals surface area contributed by atoms with Gasteiger partial charge in [0.1, 0.15) is 11.5 Å². The molecule has 1 aliphatic heterocycles. The van der Waals surface area contributed by atoms with Crippen molar-refractivity contribution in [1.82, 2.24) is 14.7 Å². The Morgan fingerprint density at radius 2 is 1.84 bits per heavy atom. The molecule has 6 nitrogen and oxygen atoms in total. The lowest BCUT2D eigenvalue weighted by molar-refractivity contribution is -0.138. The van der Waals surface area contributed by atoms with E-state index in [1.807, 2.05) is 30.3 Å². The van der Waals surface area contributed by atoms with Gasteiger partial charge >= 0.3 is 6.18 Å². The monoisotopic (exact) mass is 445 g/mol. The zero-order valence-electron chi connectivity index (χ0n) is 17.4. The highest BCUT2D eigenvalue weighted by Gasteiger charge is 2.47. The molecule has 1 saturated heterocycles. The Morgan fingerprint density at radius 3 is 2.53 bits per heavy atom. The largest absolute Gasteiger partial charge is 0.457 e. The van der Waals surface area contributed by atoms with Gasteiger partial charge in [-0.15, -0.1) is 0 Å². The second-order valence-electron chi connectivity index (χ2n) is 8.26. The first-order valence-corrected chi connectivity index (χ1v) is 10.5. The van der Waals surface area contributed by atoms with E-state index in [1.54, 1.807) is 4.68 Å². The number of morpholine rings is 1. The van der Waals surface area contributed by atoms with Gasteiger partial charge in [0.25, 0.3) is 0 Å². The molecule has 0 spiro atoms. The van der Waals surface area contributed by atoms with Crippen LogP contribution in [-0.4, -0.2) is 46.9 Å². The second-order valence-corrected chi connectivity index (χ2v) is 8.26. The highest BCUT2D eigenvalue weighted by molar-refractivity contribution is 5.88. The molecule has 0 unspecified atom stereocenters. The molecule has 1 saturated carbocycles. The Hall–Kier alpha value is -3.07. The van der Waals surface area contributed by atoms with Gasteiger partial charge in [-0.1, -0.05) is 0 Å². The van der Waals surface area contributed by atoms with E-state index in [-0.39, 0.29) is 17.7 Å². The van der Waals surface area contributed by atoms with Crippen LogP contribution in [0.1, 0.15) is 23.5 Å². The van der Waals surface area contributed by atoms with Crippen molar-refractivity contribution < 1.29 is 27.4 Å². The summed E-state index contributed by atoms with van der Waals surface area (Å²) in [6.07, 6.45) is -1.79. The molecular formula is C23H22F3N3O3. The Kier molecular flexibility index (Phi) is 5.08. The number of halogens is 3. The third-order valence-corrected chi connectivity index (χ3v) is 5.97. The lowest BCUT2D eigenvalue weighted by Gasteiger charge is -2.27. The maximum absolute atomic E-state index is 12.9. The Balaban J connectivity index is 1.40. The predicted octanol–water partition coefficient (Wildman–Crippen LogP) is 4.35. The van der Waals surface area contributed by atoms with Gasteiger partial charge in [-0.05, 0) is 54.3 Å². The molecule has 0 radical (unpaired) electrons. The van der Waals surface area contributed by atoms with E-state index in [2.05, 4.69) is 5.10 Å². The van der Waals surface area contributed by atoms with E-state index in [1.165, 1.54) is 12.1 Å². The first kappa shape index (κ1) is 20.8. The number of aromatic nitrogens is 2. The van der Waals surface area contributed by atoms with E-state index in [4.69, 9.17) is 9.47 Å². The van der Waals surface area contributed by atoms with Crippen LogP contribution in [0.25, 0.3) is 10.9 Å². The zero-order chi connectivity index (χ0) is 22.5. The number of fused-ring (bicyclic) bond motifs is 1. The maximum atomic E-state index is 12.9. The van der Waals surface area contributed by atoms with Crippen LogP contribution in [0.5, 0.6) is 11.5 Å². The first-order chi connectivity index (χ1) is 15.3. The minimum Gasteiger partial charge on any atom is -0.457 e. The van der Waals surface area contributed by atoms with Crippen LogP contribution in [0.3, 0.4) is 0 Å². The van der Waals surface area contributed by atoms with Gasteiger partial charge < -0.3 is 14.4 Å². The molecule has 3 aromatic rings. The number of rotatable bonds is 4. The second kappa shape index (κ2) is 7.81. The number of hydrogen-bond donors (Lipinski definition) is 0. The number of hydrogen-bond acceptors (Lipinski definition) is 4. The number of ether oxygens (including phenoxy) is 2. The van der Waals surface area contributed by atoms with Gasteiger partial charge in [0, 0.05) is 37.6 Å². The van der Waals surface area contributed by atoms with Crippen LogP contribution >= 0.6 is 0 Å². The summed E-state index contributed by atoms with van der Waals surface area (Å²) in [6, 6.07) is 8.26. The molecule has 0 bridgehead atoms. The number of carbonyl (C=O) groups is 1. The molecule has 0 N–H and O–H groups in total. The lowest BCUT2D eigenvalue weighted by atomic mass is 10.0. The fourth-order valence-corrected chi connectivity index (χ4v) is 4.27. The van der Waals surface area contributed by atoms with E-state index in [9.17, 15) is 18.0 Å². The molecule has 32 heavy (non-hydrogen) atoms. The summed E-state index contributed by atoms with van der Waals surface area (Å²) in [5.41, 5.74) is 1.02. The molecule has 2 heterocycles. The van der Waals surface area contributed by atoms with Crippen molar-refractivity contribution in [3.63, 3.8) is 0 Å². The summed E-state index contributed by atoms with van der Waals surface area (Å²) in [5, 5.41) is 5.42. The quantitative estimate of drug-likeness (QED) is 0.599. The predicted molar refractivity (Wildman–Crippen MR) is 110 cm³/mol. The van der Waals surface area contributed by atoms with Crippen LogP contribution in [0.4, 0.5) is 13.2 Å². The summed E-state index contributed by atoms with van der Waals surface area (Å²) in [4.78, 5) is 14.7. The average molecular weight is 445 g/mol. The van der Waals surface area contributed by atoms with Crippen LogP contribution in [0, 0.1) is 5.92 Å². The van der Waals surface area contributed by atoms with Gasteiger partial charge in [-0.2, -0.15) is 18.3 Å². The smallest absolute Gasteiger partial charge is 0.416 e. The van der Waals surface area contributed by atoms with Crippen molar-refractivity contribution in [2.45, 2.75) is 18.5 Å². The summed E-state index contributed by atoms with van der Waals surface area (Å²) >= 11 is 0. The molecule has 2 aromatic carbocycles. The molecule has 1 aliphatic carbocycles. The van der Waals surface area contributed by atoms with Gasteiger partial charge in [0.2, 0.25) is 5.91 Å². The number of aryl methyl sites for hydroxylation is 1. The summed E-state index contributed by atoms with van der Waals surface area (Å²) in [6.45, 7) is 2.34. The first-order valence-electron chi connectivity index (χ1n) is 10.5. The highest BCUT2D eigenvalue weighted by Crippen LogP contribution is 2.51. The normalized spacial score (nSPS) is 21.1. The molecule has 2 aliphatic rings.